The van der Waals surface area contributed by atoms with Crippen LogP contribution in [0.3, 0.4) is 0 Å². The molecular weight excluding hydrogens is 280 g/mol. The minimum atomic E-state index is 0.126. The van der Waals surface area contributed by atoms with Crippen LogP contribution in [0.5, 0.6) is 5.75 Å². The van der Waals surface area contributed by atoms with E-state index >= 15 is 0 Å². The number of anilines is 1. The van der Waals surface area contributed by atoms with Gasteiger partial charge in [-0.2, -0.15) is 0 Å². The van der Waals surface area contributed by atoms with Crippen molar-refractivity contribution in [2.45, 2.75) is 46.1 Å². The van der Waals surface area contributed by atoms with Crippen LogP contribution in [0.25, 0.3) is 0 Å². The first-order valence-corrected chi connectivity index (χ1v) is 8.22. The van der Waals surface area contributed by atoms with Crippen molar-refractivity contribution in [3.63, 3.8) is 0 Å². The molecule has 4 heteroatoms. The van der Waals surface area contributed by atoms with Gasteiger partial charge in [0.15, 0.2) is 0 Å². The molecule has 0 radical (unpaired) electrons. The Morgan fingerprint density at radius 2 is 1.90 bits per heavy atom. The number of rotatable bonds is 6. The van der Waals surface area contributed by atoms with Gasteiger partial charge in [0.05, 0.1) is 18.2 Å². The SMILES string of the molecule is CCCOc1ccc(NCc2cnc(C(C)(C)C)s2)cc1. The quantitative estimate of drug-likeness (QED) is 0.829. The lowest BCUT2D eigenvalue weighted by Crippen LogP contribution is -2.09. The van der Waals surface area contributed by atoms with Crippen LogP contribution < -0.4 is 10.1 Å². The van der Waals surface area contributed by atoms with E-state index in [1.165, 1.54) is 9.88 Å². The Morgan fingerprint density at radius 1 is 1.19 bits per heavy atom. The number of hydrogen-bond donors (Lipinski definition) is 1. The largest absolute Gasteiger partial charge is 0.494 e. The third-order valence-corrected chi connectivity index (χ3v) is 4.41. The Labute approximate surface area is 131 Å². The molecule has 0 spiro atoms. The normalized spacial score (nSPS) is 11.4. The van der Waals surface area contributed by atoms with Gasteiger partial charge in [-0.25, -0.2) is 4.98 Å². The molecule has 1 aromatic heterocycles. The summed E-state index contributed by atoms with van der Waals surface area (Å²) < 4.78 is 5.58. The van der Waals surface area contributed by atoms with Gasteiger partial charge < -0.3 is 10.1 Å². The number of hydrogen-bond acceptors (Lipinski definition) is 4. The van der Waals surface area contributed by atoms with E-state index in [1.807, 2.05) is 18.3 Å². The first-order valence-electron chi connectivity index (χ1n) is 7.41. The molecule has 0 aliphatic heterocycles. The summed E-state index contributed by atoms with van der Waals surface area (Å²) in [5.41, 5.74) is 1.23. The molecule has 0 saturated carbocycles. The van der Waals surface area contributed by atoms with Gasteiger partial charge in [-0.15, -0.1) is 11.3 Å². The highest BCUT2D eigenvalue weighted by molar-refractivity contribution is 7.11. The summed E-state index contributed by atoms with van der Waals surface area (Å²) in [6.45, 7) is 10.3. The zero-order valence-electron chi connectivity index (χ0n) is 13.3. The number of nitrogens with zero attached hydrogens (tertiary/aromatic N) is 1. The molecule has 1 aromatic carbocycles. The molecule has 1 heterocycles. The van der Waals surface area contributed by atoms with E-state index in [0.717, 1.165) is 31.0 Å². The molecule has 0 fully saturated rings. The number of aromatic nitrogens is 1. The predicted molar refractivity (Wildman–Crippen MR) is 90.4 cm³/mol. The van der Waals surface area contributed by atoms with Crippen molar-refractivity contribution < 1.29 is 4.74 Å². The van der Waals surface area contributed by atoms with Gasteiger partial charge in [-0.3, -0.25) is 0 Å². The number of thiazole rings is 1. The van der Waals surface area contributed by atoms with Crippen molar-refractivity contribution >= 4 is 17.0 Å². The molecule has 0 amide bonds. The summed E-state index contributed by atoms with van der Waals surface area (Å²) in [7, 11) is 0. The first-order chi connectivity index (χ1) is 9.99. The van der Waals surface area contributed by atoms with E-state index in [-0.39, 0.29) is 5.41 Å². The Kier molecular flexibility index (Phi) is 5.23. The Hall–Kier alpha value is -1.55. The van der Waals surface area contributed by atoms with E-state index in [2.05, 4.69) is 50.1 Å². The van der Waals surface area contributed by atoms with Gasteiger partial charge in [0.2, 0.25) is 0 Å². The first kappa shape index (κ1) is 15.8. The van der Waals surface area contributed by atoms with Gasteiger partial charge in [-0.05, 0) is 30.7 Å². The molecule has 0 saturated heterocycles. The summed E-state index contributed by atoms with van der Waals surface area (Å²) in [5, 5.41) is 4.61. The number of benzene rings is 1. The number of nitrogens with one attached hydrogen (secondary N) is 1. The highest BCUT2D eigenvalue weighted by atomic mass is 32.1. The van der Waals surface area contributed by atoms with E-state index in [0.29, 0.717) is 0 Å². The maximum Gasteiger partial charge on any atom is 0.119 e. The molecule has 2 rings (SSSR count). The maximum atomic E-state index is 5.58. The second-order valence-electron chi connectivity index (χ2n) is 6.11. The van der Waals surface area contributed by atoms with Crippen LogP contribution in [0.4, 0.5) is 5.69 Å². The van der Waals surface area contributed by atoms with Gasteiger partial charge in [0.1, 0.15) is 5.75 Å². The summed E-state index contributed by atoms with van der Waals surface area (Å²) in [6.07, 6.45) is 3.00. The van der Waals surface area contributed by atoms with Crippen molar-refractivity contribution in [1.29, 1.82) is 0 Å². The van der Waals surface area contributed by atoms with Crippen molar-refractivity contribution in [1.82, 2.24) is 4.98 Å². The summed E-state index contributed by atoms with van der Waals surface area (Å²) in [5.74, 6) is 0.926. The predicted octanol–water partition coefficient (Wildman–Crippen LogP) is 4.84. The van der Waals surface area contributed by atoms with E-state index < -0.39 is 0 Å². The second kappa shape index (κ2) is 6.94. The lowest BCUT2D eigenvalue weighted by atomic mass is 9.98. The second-order valence-corrected chi connectivity index (χ2v) is 7.22. The van der Waals surface area contributed by atoms with Crippen LogP contribution >= 0.6 is 11.3 Å². The lowest BCUT2D eigenvalue weighted by molar-refractivity contribution is 0.317. The van der Waals surface area contributed by atoms with E-state index in [4.69, 9.17) is 4.74 Å². The molecule has 114 valence electrons. The third kappa shape index (κ3) is 4.74. The Morgan fingerprint density at radius 3 is 2.48 bits per heavy atom. The smallest absolute Gasteiger partial charge is 0.119 e. The summed E-state index contributed by atoms with van der Waals surface area (Å²) in [4.78, 5) is 5.76. The average molecular weight is 304 g/mol. The molecule has 0 aliphatic rings. The van der Waals surface area contributed by atoms with Gasteiger partial charge in [0, 0.05) is 22.2 Å². The van der Waals surface area contributed by atoms with Crippen molar-refractivity contribution in [3.05, 3.63) is 40.3 Å². The third-order valence-electron chi connectivity index (χ3n) is 2.99. The monoisotopic (exact) mass is 304 g/mol. The Balaban J connectivity index is 1.89. The topological polar surface area (TPSA) is 34.1 Å². The fourth-order valence-corrected chi connectivity index (χ4v) is 2.72. The minimum absolute atomic E-state index is 0.126. The zero-order chi connectivity index (χ0) is 15.3. The number of ether oxygens (including phenoxy) is 1. The molecule has 1 N–H and O–H groups in total. The molecule has 0 unspecified atom stereocenters. The van der Waals surface area contributed by atoms with Crippen LogP contribution in [-0.4, -0.2) is 11.6 Å². The van der Waals surface area contributed by atoms with Gasteiger partial charge >= 0.3 is 0 Å². The highest BCUT2D eigenvalue weighted by Gasteiger charge is 2.17. The molecule has 0 bridgehead atoms. The Bertz CT molecular complexity index is 555. The molecule has 0 atom stereocenters. The molecule has 2 aromatic rings. The van der Waals surface area contributed by atoms with Gasteiger partial charge in [0.25, 0.3) is 0 Å². The van der Waals surface area contributed by atoms with Crippen LogP contribution in [0.2, 0.25) is 0 Å². The minimum Gasteiger partial charge on any atom is -0.494 e. The molecule has 0 aliphatic carbocycles. The lowest BCUT2D eigenvalue weighted by Gasteiger charge is -2.13. The average Bonchev–Trinajstić information content (AvgIpc) is 2.93. The molecule has 21 heavy (non-hydrogen) atoms. The van der Waals surface area contributed by atoms with Crippen LogP contribution in [0.1, 0.15) is 44.0 Å². The van der Waals surface area contributed by atoms with Crippen molar-refractivity contribution in [3.8, 4) is 5.75 Å². The zero-order valence-corrected chi connectivity index (χ0v) is 14.1. The van der Waals surface area contributed by atoms with Gasteiger partial charge in [-0.1, -0.05) is 27.7 Å². The van der Waals surface area contributed by atoms with Crippen molar-refractivity contribution in [2.24, 2.45) is 0 Å². The standard InChI is InChI=1S/C17H24N2OS/c1-5-10-20-14-8-6-13(7-9-14)18-11-15-12-19-16(21-15)17(2,3)4/h6-9,12,18H,5,10-11H2,1-4H3. The van der Waals surface area contributed by atoms with Crippen LogP contribution in [0, 0.1) is 0 Å². The fourth-order valence-electron chi connectivity index (χ4n) is 1.81. The molecular formula is C17H24N2OS. The molecule has 3 nitrogen and oxygen atoms in total. The summed E-state index contributed by atoms with van der Waals surface area (Å²) >= 11 is 1.78. The summed E-state index contributed by atoms with van der Waals surface area (Å²) in [6, 6.07) is 8.11. The van der Waals surface area contributed by atoms with Crippen molar-refractivity contribution in [2.75, 3.05) is 11.9 Å². The van der Waals surface area contributed by atoms with E-state index in [9.17, 15) is 0 Å². The maximum absolute atomic E-state index is 5.58. The van der Waals surface area contributed by atoms with E-state index in [1.54, 1.807) is 11.3 Å². The fraction of sp³-hybridized carbons (Fsp3) is 0.471. The van der Waals surface area contributed by atoms with Crippen LogP contribution in [0.15, 0.2) is 30.5 Å². The van der Waals surface area contributed by atoms with Crippen LogP contribution in [-0.2, 0) is 12.0 Å². The highest BCUT2D eigenvalue weighted by Crippen LogP contribution is 2.27.